The van der Waals surface area contributed by atoms with Crippen LogP contribution in [0.4, 0.5) is 0 Å². The van der Waals surface area contributed by atoms with E-state index in [1.54, 1.807) is 0 Å². The minimum atomic E-state index is -0.298. The Morgan fingerprint density at radius 2 is 2.24 bits per heavy atom. The number of H-pyrrole nitrogens is 1. The van der Waals surface area contributed by atoms with Crippen molar-refractivity contribution in [3.8, 4) is 0 Å². The lowest BCUT2D eigenvalue weighted by molar-refractivity contribution is -0.131. The van der Waals surface area contributed by atoms with Crippen LogP contribution in [-0.4, -0.2) is 29.1 Å². The summed E-state index contributed by atoms with van der Waals surface area (Å²) in [6.45, 7) is 4.81. The highest BCUT2D eigenvalue weighted by atomic mass is 16.5. The fourth-order valence-electron chi connectivity index (χ4n) is 3.00. The second-order valence-electron chi connectivity index (χ2n) is 6.41. The summed E-state index contributed by atoms with van der Waals surface area (Å²) in [6, 6.07) is 8.24. The van der Waals surface area contributed by atoms with Gasteiger partial charge in [0, 0.05) is 29.2 Å². The second-order valence-corrected chi connectivity index (χ2v) is 6.41. The van der Waals surface area contributed by atoms with Crippen LogP contribution in [0.15, 0.2) is 30.5 Å². The van der Waals surface area contributed by atoms with Crippen LogP contribution in [-0.2, 0) is 16.0 Å². The first-order chi connectivity index (χ1) is 10.1. The molecule has 4 nitrogen and oxygen atoms in total. The lowest BCUT2D eigenvalue weighted by Gasteiger charge is -2.27. The number of aromatic nitrogens is 1. The highest BCUT2D eigenvalue weighted by molar-refractivity contribution is 5.84. The third-order valence-corrected chi connectivity index (χ3v) is 3.99. The second kappa shape index (κ2) is 5.53. The molecule has 0 radical (unpaired) electrons. The van der Waals surface area contributed by atoms with Crippen molar-refractivity contribution >= 4 is 16.8 Å². The number of amides is 1. The van der Waals surface area contributed by atoms with Gasteiger partial charge in [-0.1, -0.05) is 18.2 Å². The van der Waals surface area contributed by atoms with Crippen LogP contribution in [0.2, 0.25) is 0 Å². The normalized spacial score (nSPS) is 19.0. The Bertz CT molecular complexity index is 639. The van der Waals surface area contributed by atoms with Crippen LogP contribution in [0.3, 0.4) is 0 Å². The Kier molecular flexibility index (Phi) is 3.72. The molecule has 0 bridgehead atoms. The van der Waals surface area contributed by atoms with Crippen molar-refractivity contribution < 1.29 is 9.53 Å². The Labute approximate surface area is 124 Å². The molecule has 1 amide bonds. The van der Waals surface area contributed by atoms with Gasteiger partial charge in [-0.15, -0.1) is 0 Å². The molecule has 2 heterocycles. The van der Waals surface area contributed by atoms with Crippen molar-refractivity contribution in [1.82, 2.24) is 10.3 Å². The Morgan fingerprint density at radius 3 is 3.00 bits per heavy atom. The molecule has 21 heavy (non-hydrogen) atoms. The Balaban J connectivity index is 1.71. The predicted molar refractivity (Wildman–Crippen MR) is 83.2 cm³/mol. The Hall–Kier alpha value is -1.81. The van der Waals surface area contributed by atoms with Gasteiger partial charge in [-0.3, -0.25) is 4.79 Å². The molecule has 1 aliphatic rings. The molecule has 1 saturated heterocycles. The first-order valence-corrected chi connectivity index (χ1v) is 7.54. The van der Waals surface area contributed by atoms with Gasteiger partial charge in [0.15, 0.2) is 0 Å². The smallest absolute Gasteiger partial charge is 0.249 e. The first-order valence-electron chi connectivity index (χ1n) is 7.54. The summed E-state index contributed by atoms with van der Waals surface area (Å²) >= 11 is 0. The summed E-state index contributed by atoms with van der Waals surface area (Å²) in [5.41, 5.74) is 2.06. The summed E-state index contributed by atoms with van der Waals surface area (Å²) in [6.07, 6.45) is 4.35. The van der Waals surface area contributed by atoms with E-state index in [2.05, 4.69) is 36.3 Å². The molecular formula is C17H22N2O2. The summed E-state index contributed by atoms with van der Waals surface area (Å²) in [5, 5.41) is 4.34. The molecule has 0 saturated carbocycles. The molecule has 2 aromatic rings. The number of nitrogens with one attached hydrogen (secondary N) is 2. The van der Waals surface area contributed by atoms with Crippen molar-refractivity contribution in [3.05, 3.63) is 36.0 Å². The number of carbonyl (C=O) groups is 1. The van der Waals surface area contributed by atoms with Crippen LogP contribution in [0, 0.1) is 0 Å². The van der Waals surface area contributed by atoms with Crippen molar-refractivity contribution in [3.63, 3.8) is 0 Å². The van der Waals surface area contributed by atoms with Crippen molar-refractivity contribution in [1.29, 1.82) is 0 Å². The maximum atomic E-state index is 12.2. The van der Waals surface area contributed by atoms with Gasteiger partial charge >= 0.3 is 0 Å². The average Bonchev–Trinajstić information content (AvgIpc) is 3.08. The van der Waals surface area contributed by atoms with Crippen LogP contribution in [0.5, 0.6) is 0 Å². The van der Waals surface area contributed by atoms with Gasteiger partial charge in [0.05, 0.1) is 0 Å². The number of rotatable bonds is 4. The minimum absolute atomic E-state index is 0.0114. The van der Waals surface area contributed by atoms with Gasteiger partial charge in [-0.2, -0.15) is 0 Å². The number of fused-ring (bicyclic) bond motifs is 1. The largest absolute Gasteiger partial charge is 0.368 e. The molecule has 1 aliphatic heterocycles. The van der Waals surface area contributed by atoms with Gasteiger partial charge in [-0.25, -0.2) is 0 Å². The molecular weight excluding hydrogens is 264 g/mol. The lowest BCUT2D eigenvalue weighted by atomic mass is 9.94. The zero-order valence-electron chi connectivity index (χ0n) is 12.6. The van der Waals surface area contributed by atoms with E-state index in [1.165, 1.54) is 10.9 Å². The van der Waals surface area contributed by atoms with Gasteiger partial charge in [0.2, 0.25) is 5.91 Å². The molecule has 0 spiro atoms. The van der Waals surface area contributed by atoms with Gasteiger partial charge in [0.1, 0.15) is 6.10 Å². The summed E-state index contributed by atoms with van der Waals surface area (Å²) in [7, 11) is 0. The number of carbonyl (C=O) groups excluding carboxylic acids is 1. The van der Waals surface area contributed by atoms with Crippen molar-refractivity contribution in [2.75, 3.05) is 6.61 Å². The van der Waals surface area contributed by atoms with E-state index < -0.39 is 0 Å². The number of benzene rings is 1. The number of aromatic amines is 1. The van der Waals surface area contributed by atoms with E-state index >= 15 is 0 Å². The molecule has 112 valence electrons. The maximum absolute atomic E-state index is 12.2. The first kappa shape index (κ1) is 14.1. The molecule has 4 heteroatoms. The van der Waals surface area contributed by atoms with Crippen LogP contribution >= 0.6 is 0 Å². The SMILES string of the molecule is CC(C)(Cc1c[nH]c2ccccc12)NC(=O)C1CCCO1. The van der Waals surface area contributed by atoms with E-state index in [4.69, 9.17) is 4.74 Å². The van der Waals surface area contributed by atoms with E-state index in [9.17, 15) is 4.79 Å². The zero-order valence-corrected chi connectivity index (χ0v) is 12.6. The van der Waals surface area contributed by atoms with Crippen LogP contribution in [0.1, 0.15) is 32.3 Å². The van der Waals surface area contributed by atoms with E-state index in [0.29, 0.717) is 6.61 Å². The van der Waals surface area contributed by atoms with E-state index in [-0.39, 0.29) is 17.6 Å². The summed E-state index contributed by atoms with van der Waals surface area (Å²) in [4.78, 5) is 15.5. The third-order valence-electron chi connectivity index (χ3n) is 3.99. The third kappa shape index (κ3) is 3.10. The number of hydrogen-bond donors (Lipinski definition) is 2. The summed E-state index contributed by atoms with van der Waals surface area (Å²) in [5.74, 6) is 0.0114. The predicted octanol–water partition coefficient (Wildman–Crippen LogP) is 2.78. The van der Waals surface area contributed by atoms with E-state index in [1.807, 2.05) is 18.3 Å². The number of ether oxygens (including phenoxy) is 1. The molecule has 1 unspecified atom stereocenters. The molecule has 1 fully saturated rings. The van der Waals surface area contributed by atoms with Crippen LogP contribution < -0.4 is 5.32 Å². The van der Waals surface area contributed by atoms with Gasteiger partial charge < -0.3 is 15.0 Å². The van der Waals surface area contributed by atoms with E-state index in [0.717, 1.165) is 24.8 Å². The quantitative estimate of drug-likeness (QED) is 0.908. The minimum Gasteiger partial charge on any atom is -0.368 e. The molecule has 1 atom stereocenters. The Morgan fingerprint density at radius 1 is 1.43 bits per heavy atom. The highest BCUT2D eigenvalue weighted by Crippen LogP contribution is 2.23. The van der Waals surface area contributed by atoms with Gasteiger partial charge in [0.25, 0.3) is 0 Å². The van der Waals surface area contributed by atoms with Crippen molar-refractivity contribution in [2.45, 2.75) is 44.8 Å². The average molecular weight is 286 g/mol. The fourth-order valence-corrected chi connectivity index (χ4v) is 3.00. The van der Waals surface area contributed by atoms with Crippen molar-refractivity contribution in [2.24, 2.45) is 0 Å². The lowest BCUT2D eigenvalue weighted by Crippen LogP contribution is -2.49. The summed E-state index contributed by atoms with van der Waals surface area (Å²) < 4.78 is 5.45. The fraction of sp³-hybridized carbons (Fsp3) is 0.471. The molecule has 0 aliphatic carbocycles. The number of hydrogen-bond acceptors (Lipinski definition) is 2. The zero-order chi connectivity index (χ0) is 14.9. The van der Waals surface area contributed by atoms with Crippen LogP contribution in [0.25, 0.3) is 10.9 Å². The highest BCUT2D eigenvalue weighted by Gasteiger charge is 2.29. The molecule has 1 aromatic carbocycles. The molecule has 1 aromatic heterocycles. The van der Waals surface area contributed by atoms with Gasteiger partial charge in [-0.05, 0) is 44.7 Å². The standard InChI is InChI=1S/C17H22N2O2/c1-17(2,19-16(20)15-8-5-9-21-15)10-12-11-18-14-7-4-3-6-13(12)14/h3-4,6-7,11,15,18H,5,8-10H2,1-2H3,(H,19,20). The maximum Gasteiger partial charge on any atom is 0.249 e. The topological polar surface area (TPSA) is 54.1 Å². The molecule has 2 N–H and O–H groups in total. The monoisotopic (exact) mass is 286 g/mol. The molecule has 3 rings (SSSR count). The number of para-hydroxylation sites is 1.